The number of aryl methyl sites for hydroxylation is 1. The molecule has 1 aromatic heterocycles. The molecule has 1 unspecified atom stereocenters. The van der Waals surface area contributed by atoms with Crippen LogP contribution in [0, 0.1) is 30.1 Å². The molecule has 0 radical (unpaired) electrons. The summed E-state index contributed by atoms with van der Waals surface area (Å²) in [6, 6.07) is 1.57. The van der Waals surface area contributed by atoms with Gasteiger partial charge in [0, 0.05) is 11.7 Å². The zero-order valence-corrected chi connectivity index (χ0v) is 15.0. The highest BCUT2D eigenvalue weighted by Gasteiger charge is 2.54. The van der Waals surface area contributed by atoms with Crippen LogP contribution in [0.15, 0.2) is 6.07 Å². The summed E-state index contributed by atoms with van der Waals surface area (Å²) in [7, 11) is 0. The fraction of sp³-hybridized carbons (Fsp3) is 0.789. The minimum Gasteiger partial charge on any atom is -0.347 e. The average molecular weight is 351 g/mol. The van der Waals surface area contributed by atoms with Crippen molar-refractivity contribution in [3.05, 3.63) is 17.5 Å². The molecule has 1 heterocycles. The SMILES string of the molecule is CCC(NC(=O)c1cc(C)n(C(F)F)n1)C12CC3CC(CC(C3)C1)C2. The Labute approximate surface area is 147 Å². The Balaban J connectivity index is 1.52. The summed E-state index contributed by atoms with van der Waals surface area (Å²) in [4.78, 5) is 12.7. The van der Waals surface area contributed by atoms with E-state index in [0.29, 0.717) is 10.4 Å². The summed E-state index contributed by atoms with van der Waals surface area (Å²) < 4.78 is 26.4. The van der Waals surface area contributed by atoms with E-state index in [-0.39, 0.29) is 23.1 Å². The lowest BCUT2D eigenvalue weighted by atomic mass is 9.47. The summed E-state index contributed by atoms with van der Waals surface area (Å²) in [6.07, 6.45) is 8.60. The lowest BCUT2D eigenvalue weighted by Crippen LogP contribution is -2.56. The Bertz CT molecular complexity index is 634. The molecule has 0 spiro atoms. The molecular formula is C19H27F2N3O. The highest BCUT2D eigenvalue weighted by molar-refractivity contribution is 5.92. The highest BCUT2D eigenvalue weighted by atomic mass is 19.3. The monoisotopic (exact) mass is 351 g/mol. The van der Waals surface area contributed by atoms with Crippen molar-refractivity contribution in [3.8, 4) is 0 Å². The molecule has 4 aliphatic carbocycles. The second-order valence-corrected chi connectivity index (χ2v) is 8.61. The fourth-order valence-corrected chi connectivity index (χ4v) is 6.32. The van der Waals surface area contributed by atoms with Crippen LogP contribution in [0.25, 0.3) is 0 Å². The number of nitrogens with zero attached hydrogens (tertiary/aromatic N) is 2. The number of carbonyl (C=O) groups is 1. The van der Waals surface area contributed by atoms with Crippen molar-refractivity contribution in [2.24, 2.45) is 23.2 Å². The van der Waals surface area contributed by atoms with Gasteiger partial charge in [-0.15, -0.1) is 0 Å². The fourth-order valence-electron chi connectivity index (χ4n) is 6.32. The van der Waals surface area contributed by atoms with Crippen molar-refractivity contribution in [2.75, 3.05) is 0 Å². The number of hydrogen-bond acceptors (Lipinski definition) is 2. The van der Waals surface area contributed by atoms with Gasteiger partial charge in [0.25, 0.3) is 5.91 Å². The van der Waals surface area contributed by atoms with E-state index in [1.54, 1.807) is 6.92 Å². The molecule has 1 N–H and O–H groups in total. The number of alkyl halides is 2. The van der Waals surface area contributed by atoms with Crippen molar-refractivity contribution in [1.82, 2.24) is 15.1 Å². The van der Waals surface area contributed by atoms with Crippen molar-refractivity contribution >= 4 is 5.91 Å². The lowest BCUT2D eigenvalue weighted by molar-refractivity contribution is -0.0727. The molecule has 1 aromatic rings. The second-order valence-electron chi connectivity index (χ2n) is 8.61. The number of aromatic nitrogens is 2. The van der Waals surface area contributed by atoms with Crippen molar-refractivity contribution < 1.29 is 13.6 Å². The van der Waals surface area contributed by atoms with E-state index in [1.165, 1.54) is 44.6 Å². The summed E-state index contributed by atoms with van der Waals surface area (Å²) in [5.74, 6) is 2.14. The molecule has 4 nitrogen and oxygen atoms in total. The van der Waals surface area contributed by atoms with Crippen LogP contribution >= 0.6 is 0 Å². The molecule has 5 rings (SSSR count). The van der Waals surface area contributed by atoms with E-state index in [1.807, 2.05) is 0 Å². The molecule has 4 bridgehead atoms. The number of rotatable bonds is 5. The Morgan fingerprint density at radius 3 is 2.28 bits per heavy atom. The topological polar surface area (TPSA) is 46.9 Å². The average Bonchev–Trinajstić information content (AvgIpc) is 2.93. The number of hydrogen-bond donors (Lipinski definition) is 1. The van der Waals surface area contributed by atoms with Crippen LogP contribution in [0.2, 0.25) is 0 Å². The Hall–Kier alpha value is -1.46. The molecule has 138 valence electrons. The van der Waals surface area contributed by atoms with Gasteiger partial charge in [-0.25, -0.2) is 4.68 Å². The van der Waals surface area contributed by atoms with Gasteiger partial charge in [-0.05, 0) is 81.1 Å². The molecule has 6 heteroatoms. The van der Waals surface area contributed by atoms with E-state index in [9.17, 15) is 13.6 Å². The van der Waals surface area contributed by atoms with E-state index in [4.69, 9.17) is 0 Å². The third-order valence-electron chi connectivity index (χ3n) is 6.88. The number of nitrogens with one attached hydrogen (secondary N) is 1. The van der Waals surface area contributed by atoms with Crippen LogP contribution in [0.5, 0.6) is 0 Å². The van der Waals surface area contributed by atoms with Crippen molar-refractivity contribution in [3.63, 3.8) is 0 Å². The minimum atomic E-state index is -2.72. The molecule has 4 aliphatic rings. The summed E-state index contributed by atoms with van der Waals surface area (Å²) in [5.41, 5.74) is 0.614. The maximum atomic E-state index is 12.9. The van der Waals surface area contributed by atoms with Crippen molar-refractivity contribution in [1.29, 1.82) is 0 Å². The molecule has 1 atom stereocenters. The highest BCUT2D eigenvalue weighted by Crippen LogP contribution is 2.61. The van der Waals surface area contributed by atoms with Crippen LogP contribution in [-0.2, 0) is 0 Å². The summed E-state index contributed by atoms with van der Waals surface area (Å²) >= 11 is 0. The maximum absolute atomic E-state index is 12.9. The second kappa shape index (κ2) is 6.06. The quantitative estimate of drug-likeness (QED) is 0.859. The first kappa shape index (κ1) is 17.0. The Morgan fingerprint density at radius 2 is 1.84 bits per heavy atom. The predicted molar refractivity (Wildman–Crippen MR) is 90.4 cm³/mol. The van der Waals surface area contributed by atoms with Gasteiger partial charge in [0.15, 0.2) is 5.69 Å². The van der Waals surface area contributed by atoms with E-state index >= 15 is 0 Å². The van der Waals surface area contributed by atoms with Crippen molar-refractivity contribution in [2.45, 2.75) is 71.4 Å². The first-order chi connectivity index (χ1) is 11.9. The molecule has 25 heavy (non-hydrogen) atoms. The van der Waals surface area contributed by atoms with Crippen LogP contribution in [-0.4, -0.2) is 21.7 Å². The lowest BCUT2D eigenvalue weighted by Gasteiger charge is -2.59. The van der Waals surface area contributed by atoms with Gasteiger partial charge in [-0.3, -0.25) is 4.79 Å². The first-order valence-electron chi connectivity index (χ1n) is 9.55. The molecule has 1 amide bonds. The molecule has 0 saturated heterocycles. The molecule has 0 aromatic carbocycles. The molecule has 4 fully saturated rings. The number of carbonyl (C=O) groups excluding carboxylic acids is 1. The van der Waals surface area contributed by atoms with Gasteiger partial charge in [0.2, 0.25) is 0 Å². The number of amides is 1. The maximum Gasteiger partial charge on any atom is 0.333 e. The normalized spacial score (nSPS) is 34.5. The Kier molecular flexibility index (Phi) is 4.12. The van der Waals surface area contributed by atoms with E-state index < -0.39 is 6.55 Å². The number of halogens is 2. The van der Waals surface area contributed by atoms with Gasteiger partial charge in [0.1, 0.15) is 0 Å². The first-order valence-corrected chi connectivity index (χ1v) is 9.55. The van der Waals surface area contributed by atoms with Crippen LogP contribution in [0.4, 0.5) is 8.78 Å². The third-order valence-corrected chi connectivity index (χ3v) is 6.88. The Morgan fingerprint density at radius 1 is 1.28 bits per heavy atom. The van der Waals surface area contributed by atoms with Gasteiger partial charge < -0.3 is 5.32 Å². The minimum absolute atomic E-state index is 0.0981. The van der Waals surface area contributed by atoms with Gasteiger partial charge in [-0.2, -0.15) is 13.9 Å². The zero-order chi connectivity index (χ0) is 17.8. The molecule has 4 saturated carbocycles. The van der Waals surface area contributed by atoms with Crippen LogP contribution < -0.4 is 5.32 Å². The van der Waals surface area contributed by atoms with E-state index in [2.05, 4.69) is 17.3 Å². The summed E-state index contributed by atoms with van der Waals surface area (Å²) in [6.45, 7) is 0.950. The van der Waals surface area contributed by atoms with Crippen LogP contribution in [0.3, 0.4) is 0 Å². The summed E-state index contributed by atoms with van der Waals surface area (Å²) in [5, 5.41) is 6.96. The zero-order valence-electron chi connectivity index (χ0n) is 15.0. The largest absolute Gasteiger partial charge is 0.347 e. The standard InChI is InChI=1S/C19H27F2N3O/c1-3-16(19-8-12-5-13(9-19)7-14(6-12)10-19)22-17(25)15-4-11(2)24(23-15)18(20)21/h4,12-14,16,18H,3,5-10H2,1-2H3,(H,22,25). The van der Waals surface area contributed by atoms with Gasteiger partial charge in [-0.1, -0.05) is 6.92 Å². The molecular weight excluding hydrogens is 324 g/mol. The molecule has 0 aliphatic heterocycles. The van der Waals surface area contributed by atoms with Gasteiger partial charge in [0.05, 0.1) is 0 Å². The predicted octanol–water partition coefficient (Wildman–Crippen LogP) is 4.31. The smallest absolute Gasteiger partial charge is 0.333 e. The van der Waals surface area contributed by atoms with Gasteiger partial charge >= 0.3 is 6.55 Å². The van der Waals surface area contributed by atoms with E-state index in [0.717, 1.165) is 24.2 Å². The third kappa shape index (κ3) is 2.87. The van der Waals surface area contributed by atoms with Crippen LogP contribution in [0.1, 0.15) is 74.6 Å².